The summed E-state index contributed by atoms with van der Waals surface area (Å²) in [4.78, 5) is 0. The zero-order chi connectivity index (χ0) is 12.3. The second kappa shape index (κ2) is 4.71. The van der Waals surface area contributed by atoms with Gasteiger partial charge < -0.3 is 9.15 Å². The van der Waals surface area contributed by atoms with Gasteiger partial charge in [0.1, 0.15) is 18.1 Å². The van der Waals surface area contributed by atoms with Crippen LogP contribution in [0.4, 0.5) is 4.39 Å². The fourth-order valence-corrected chi connectivity index (χ4v) is 1.40. The Labute approximate surface area is 98.0 Å². The van der Waals surface area contributed by atoms with Crippen LogP contribution < -0.4 is 4.74 Å². The highest BCUT2D eigenvalue weighted by Crippen LogP contribution is 2.19. The van der Waals surface area contributed by atoms with Crippen LogP contribution in [0.1, 0.15) is 17.1 Å². The van der Waals surface area contributed by atoms with Crippen LogP contribution in [-0.2, 0) is 6.61 Å². The summed E-state index contributed by atoms with van der Waals surface area (Å²) in [6.45, 7) is 1.99. The summed E-state index contributed by atoms with van der Waals surface area (Å²) in [6, 6.07) is 9.53. The van der Waals surface area contributed by atoms with Crippen molar-refractivity contribution in [2.45, 2.75) is 13.5 Å². The lowest BCUT2D eigenvalue weighted by atomic mass is 10.2. The normalized spacial score (nSPS) is 9.94. The minimum Gasteiger partial charge on any atom is -0.483 e. The maximum absolute atomic E-state index is 13.4. The lowest BCUT2D eigenvalue weighted by molar-refractivity contribution is 0.256. The van der Waals surface area contributed by atoms with Gasteiger partial charge in [0.2, 0.25) is 0 Å². The van der Waals surface area contributed by atoms with Gasteiger partial charge in [-0.05, 0) is 37.3 Å². The van der Waals surface area contributed by atoms with Crippen molar-refractivity contribution in [2.24, 2.45) is 0 Å². The van der Waals surface area contributed by atoms with Crippen molar-refractivity contribution >= 4 is 0 Å². The number of benzene rings is 1. The van der Waals surface area contributed by atoms with Gasteiger partial charge >= 0.3 is 0 Å². The Bertz CT molecular complexity index is 569. The van der Waals surface area contributed by atoms with Crippen molar-refractivity contribution in [2.75, 3.05) is 0 Å². The van der Waals surface area contributed by atoms with Crippen molar-refractivity contribution in [1.82, 2.24) is 0 Å². The third-order valence-corrected chi connectivity index (χ3v) is 2.23. The first-order chi connectivity index (χ1) is 8.19. The third-order valence-electron chi connectivity index (χ3n) is 2.23. The predicted octanol–water partition coefficient (Wildman–Crippen LogP) is 3.18. The van der Waals surface area contributed by atoms with E-state index in [4.69, 9.17) is 14.4 Å². The molecule has 1 aromatic carbocycles. The molecule has 0 spiro atoms. The smallest absolute Gasteiger partial charge is 0.166 e. The van der Waals surface area contributed by atoms with E-state index in [1.54, 1.807) is 6.07 Å². The Morgan fingerprint density at radius 2 is 2.18 bits per heavy atom. The Morgan fingerprint density at radius 3 is 2.76 bits per heavy atom. The average Bonchev–Trinajstić information content (AvgIpc) is 2.73. The van der Waals surface area contributed by atoms with Gasteiger partial charge in [0.15, 0.2) is 11.6 Å². The van der Waals surface area contributed by atoms with E-state index in [1.165, 1.54) is 12.1 Å². The van der Waals surface area contributed by atoms with E-state index >= 15 is 0 Å². The first-order valence-electron chi connectivity index (χ1n) is 5.07. The van der Waals surface area contributed by atoms with Gasteiger partial charge in [-0.2, -0.15) is 5.26 Å². The molecule has 0 atom stereocenters. The van der Waals surface area contributed by atoms with Gasteiger partial charge in [0, 0.05) is 0 Å². The number of ether oxygens (including phenoxy) is 1. The minimum atomic E-state index is -0.549. The molecule has 0 amide bonds. The van der Waals surface area contributed by atoms with Gasteiger partial charge in [-0.1, -0.05) is 0 Å². The highest BCUT2D eigenvalue weighted by molar-refractivity contribution is 5.36. The van der Waals surface area contributed by atoms with Crippen LogP contribution in [0.3, 0.4) is 0 Å². The van der Waals surface area contributed by atoms with E-state index in [0.29, 0.717) is 5.76 Å². The van der Waals surface area contributed by atoms with Crippen LogP contribution in [0.5, 0.6) is 5.75 Å². The van der Waals surface area contributed by atoms with E-state index < -0.39 is 5.82 Å². The van der Waals surface area contributed by atoms with Gasteiger partial charge in [-0.15, -0.1) is 0 Å². The largest absolute Gasteiger partial charge is 0.483 e. The number of furan rings is 1. The molecule has 0 aliphatic heterocycles. The summed E-state index contributed by atoms with van der Waals surface area (Å²) >= 11 is 0. The number of aryl methyl sites for hydroxylation is 1. The second-order valence-corrected chi connectivity index (χ2v) is 3.56. The molecule has 3 nitrogen and oxygen atoms in total. The molecule has 0 aliphatic rings. The van der Waals surface area contributed by atoms with Crippen LogP contribution >= 0.6 is 0 Å². The minimum absolute atomic E-state index is 0.109. The molecule has 0 fully saturated rings. The molecule has 2 rings (SSSR count). The van der Waals surface area contributed by atoms with Crippen LogP contribution in [0.15, 0.2) is 34.7 Å². The topological polar surface area (TPSA) is 46.2 Å². The predicted molar refractivity (Wildman–Crippen MR) is 58.9 cm³/mol. The Hall–Kier alpha value is -2.28. The first-order valence-corrected chi connectivity index (χ1v) is 5.07. The molecule has 2 aromatic rings. The molecule has 0 saturated carbocycles. The molecule has 86 valence electrons. The Morgan fingerprint density at radius 1 is 1.35 bits per heavy atom. The average molecular weight is 231 g/mol. The number of nitriles is 1. The van der Waals surface area contributed by atoms with E-state index in [0.717, 1.165) is 11.8 Å². The number of hydrogen-bond acceptors (Lipinski definition) is 3. The standard InChI is InChI=1S/C13H10FNO2/c1-9-2-4-11(17-9)8-16-13-5-3-10(7-15)6-12(13)14/h2-6H,8H2,1H3. The molecular formula is C13H10FNO2. The zero-order valence-corrected chi connectivity index (χ0v) is 9.24. The molecule has 1 aromatic heterocycles. The van der Waals surface area contributed by atoms with Crippen molar-refractivity contribution in [3.63, 3.8) is 0 Å². The molecule has 0 saturated heterocycles. The summed E-state index contributed by atoms with van der Waals surface area (Å²) in [7, 11) is 0. The number of nitrogens with zero attached hydrogens (tertiary/aromatic N) is 1. The highest BCUT2D eigenvalue weighted by atomic mass is 19.1. The molecule has 1 heterocycles. The molecule has 0 bridgehead atoms. The second-order valence-electron chi connectivity index (χ2n) is 3.56. The van der Waals surface area contributed by atoms with E-state index in [9.17, 15) is 4.39 Å². The molecular weight excluding hydrogens is 221 g/mol. The number of hydrogen-bond donors (Lipinski definition) is 0. The fraction of sp³-hybridized carbons (Fsp3) is 0.154. The van der Waals surface area contributed by atoms with Gasteiger partial charge in [-0.3, -0.25) is 0 Å². The maximum atomic E-state index is 13.4. The zero-order valence-electron chi connectivity index (χ0n) is 9.24. The molecule has 4 heteroatoms. The third kappa shape index (κ3) is 2.64. The maximum Gasteiger partial charge on any atom is 0.166 e. The fourth-order valence-electron chi connectivity index (χ4n) is 1.40. The van der Waals surface area contributed by atoms with Crippen molar-refractivity contribution in [3.8, 4) is 11.8 Å². The molecule has 0 aliphatic carbocycles. The van der Waals surface area contributed by atoms with Crippen molar-refractivity contribution < 1.29 is 13.5 Å². The molecule has 0 unspecified atom stereocenters. The van der Waals surface area contributed by atoms with E-state index in [2.05, 4.69) is 0 Å². The number of halogens is 1. The van der Waals surface area contributed by atoms with Gasteiger partial charge in [0.05, 0.1) is 11.6 Å². The van der Waals surface area contributed by atoms with Crippen LogP contribution in [0.2, 0.25) is 0 Å². The summed E-state index contributed by atoms with van der Waals surface area (Å²) < 4.78 is 24.0. The highest BCUT2D eigenvalue weighted by Gasteiger charge is 2.06. The summed E-state index contributed by atoms with van der Waals surface area (Å²) in [5.41, 5.74) is 0.267. The quantitative estimate of drug-likeness (QED) is 0.814. The van der Waals surface area contributed by atoms with Crippen molar-refractivity contribution in [3.05, 3.63) is 53.2 Å². The Balaban J connectivity index is 2.07. The lowest BCUT2D eigenvalue weighted by Gasteiger charge is -2.05. The van der Waals surface area contributed by atoms with Crippen LogP contribution in [0.25, 0.3) is 0 Å². The van der Waals surface area contributed by atoms with E-state index in [1.807, 2.05) is 19.1 Å². The number of rotatable bonds is 3. The summed E-state index contributed by atoms with van der Waals surface area (Å²) in [5.74, 6) is 0.973. The van der Waals surface area contributed by atoms with Gasteiger partial charge in [-0.25, -0.2) is 4.39 Å². The summed E-state index contributed by atoms with van der Waals surface area (Å²) in [5, 5.41) is 8.59. The first kappa shape index (κ1) is 11.2. The Kier molecular flexibility index (Phi) is 3.10. The summed E-state index contributed by atoms with van der Waals surface area (Å²) in [6.07, 6.45) is 0. The monoisotopic (exact) mass is 231 g/mol. The van der Waals surface area contributed by atoms with E-state index in [-0.39, 0.29) is 17.9 Å². The molecule has 0 radical (unpaired) electrons. The molecule has 17 heavy (non-hydrogen) atoms. The molecule has 0 N–H and O–H groups in total. The lowest BCUT2D eigenvalue weighted by Crippen LogP contribution is -1.96. The van der Waals surface area contributed by atoms with Crippen molar-refractivity contribution in [1.29, 1.82) is 5.26 Å². The SMILES string of the molecule is Cc1ccc(COc2ccc(C#N)cc2F)o1. The van der Waals surface area contributed by atoms with Crippen LogP contribution in [0, 0.1) is 24.1 Å². The van der Waals surface area contributed by atoms with Crippen LogP contribution in [-0.4, -0.2) is 0 Å². The van der Waals surface area contributed by atoms with Gasteiger partial charge in [0.25, 0.3) is 0 Å².